The number of hydrogen-bond donors (Lipinski definition) is 1. The van der Waals surface area contributed by atoms with Crippen molar-refractivity contribution in [3.05, 3.63) is 23.5 Å². The highest BCUT2D eigenvalue weighted by molar-refractivity contribution is 7.56. The molecule has 4 heteroatoms. The van der Waals surface area contributed by atoms with E-state index in [1.54, 1.807) is 19.9 Å². The largest absolute Gasteiger partial charge is 0.351 e. The van der Waals surface area contributed by atoms with Crippen LogP contribution >= 0.6 is 7.60 Å². The summed E-state index contributed by atoms with van der Waals surface area (Å²) in [5.74, 6) is 1.27. The van der Waals surface area contributed by atoms with Crippen LogP contribution < -0.4 is 0 Å². The summed E-state index contributed by atoms with van der Waals surface area (Å²) in [6, 6.07) is 0. The molecule has 0 heterocycles. The van der Waals surface area contributed by atoms with Gasteiger partial charge in [0.05, 0.1) is 6.61 Å². The fraction of sp³-hybridized carbons (Fsp3) is 0.636. The topological polar surface area (TPSA) is 46.5 Å². The second-order valence-corrected chi connectivity index (χ2v) is 5.32. The van der Waals surface area contributed by atoms with Gasteiger partial charge in [0.15, 0.2) is 0 Å². The molecule has 0 aliphatic carbocycles. The first-order valence-electron chi connectivity index (χ1n) is 5.26. The predicted octanol–water partition coefficient (Wildman–Crippen LogP) is 3.86. The van der Waals surface area contributed by atoms with Gasteiger partial charge in [0.1, 0.15) is 0 Å². The van der Waals surface area contributed by atoms with E-state index in [1.807, 2.05) is 6.08 Å². The molecule has 1 N–H and O–H groups in total. The SMILES string of the molecule is CCCCC=CCOP(=O)(O)C=C(C)C. The van der Waals surface area contributed by atoms with Gasteiger partial charge in [-0.2, -0.15) is 0 Å². The molecule has 1 unspecified atom stereocenters. The fourth-order valence-corrected chi connectivity index (χ4v) is 2.05. The van der Waals surface area contributed by atoms with Gasteiger partial charge in [-0.3, -0.25) is 4.57 Å². The van der Waals surface area contributed by atoms with E-state index in [0.29, 0.717) is 0 Å². The van der Waals surface area contributed by atoms with Crippen LogP contribution in [-0.2, 0) is 9.09 Å². The lowest BCUT2D eigenvalue weighted by Crippen LogP contribution is -1.87. The van der Waals surface area contributed by atoms with Crippen LogP contribution in [0.15, 0.2) is 23.5 Å². The van der Waals surface area contributed by atoms with Crippen molar-refractivity contribution in [2.24, 2.45) is 0 Å². The van der Waals surface area contributed by atoms with Crippen molar-refractivity contribution >= 4 is 7.60 Å². The van der Waals surface area contributed by atoms with Gasteiger partial charge < -0.3 is 9.42 Å². The van der Waals surface area contributed by atoms with Crippen molar-refractivity contribution in [1.82, 2.24) is 0 Å². The molecular formula is C11H21O3P. The third kappa shape index (κ3) is 9.92. The Kier molecular flexibility index (Phi) is 7.67. The Morgan fingerprint density at radius 2 is 2.07 bits per heavy atom. The fourth-order valence-electron chi connectivity index (χ4n) is 1.02. The van der Waals surface area contributed by atoms with E-state index in [9.17, 15) is 9.46 Å². The van der Waals surface area contributed by atoms with E-state index in [4.69, 9.17) is 4.52 Å². The van der Waals surface area contributed by atoms with E-state index in [2.05, 4.69) is 6.92 Å². The van der Waals surface area contributed by atoms with Gasteiger partial charge in [-0.05, 0) is 20.3 Å². The van der Waals surface area contributed by atoms with Gasteiger partial charge in [0.25, 0.3) is 0 Å². The Labute approximate surface area is 92.4 Å². The molecule has 0 rings (SSSR count). The first-order valence-corrected chi connectivity index (χ1v) is 6.90. The maximum atomic E-state index is 11.3. The summed E-state index contributed by atoms with van der Waals surface area (Å²) >= 11 is 0. The third-order valence-electron chi connectivity index (χ3n) is 1.67. The van der Waals surface area contributed by atoms with Crippen molar-refractivity contribution in [2.75, 3.05) is 6.61 Å². The van der Waals surface area contributed by atoms with Gasteiger partial charge >= 0.3 is 7.60 Å². The molecule has 88 valence electrons. The Morgan fingerprint density at radius 3 is 2.60 bits per heavy atom. The number of allylic oxidation sites excluding steroid dienone is 2. The molecule has 0 saturated heterocycles. The maximum absolute atomic E-state index is 11.3. The minimum Gasteiger partial charge on any atom is -0.321 e. The summed E-state index contributed by atoms with van der Waals surface area (Å²) in [6.45, 7) is 5.86. The van der Waals surface area contributed by atoms with Crippen molar-refractivity contribution in [3.63, 3.8) is 0 Å². The second kappa shape index (κ2) is 7.86. The molecule has 0 aromatic carbocycles. The Hall–Kier alpha value is -0.370. The van der Waals surface area contributed by atoms with Crippen molar-refractivity contribution < 1.29 is 14.0 Å². The second-order valence-electron chi connectivity index (χ2n) is 3.68. The van der Waals surface area contributed by atoms with Crippen LogP contribution in [0.25, 0.3) is 0 Å². The zero-order valence-electron chi connectivity index (χ0n) is 9.77. The van der Waals surface area contributed by atoms with E-state index in [0.717, 1.165) is 24.8 Å². The molecular weight excluding hydrogens is 211 g/mol. The summed E-state index contributed by atoms with van der Waals surface area (Å²) < 4.78 is 16.2. The average Bonchev–Trinajstić information content (AvgIpc) is 2.08. The first-order chi connectivity index (χ1) is 6.98. The molecule has 0 aliphatic heterocycles. The molecule has 0 saturated carbocycles. The van der Waals surface area contributed by atoms with Crippen LogP contribution in [0.4, 0.5) is 0 Å². The molecule has 0 aliphatic rings. The standard InChI is InChI=1S/C11H21O3P/c1-4-5-6-7-8-9-14-15(12,13)10-11(2)3/h7-8,10H,4-6,9H2,1-3H3,(H,12,13). The summed E-state index contributed by atoms with van der Waals surface area (Å²) in [5, 5.41) is 0. The molecule has 0 aromatic rings. The normalized spacial score (nSPS) is 15.2. The monoisotopic (exact) mass is 232 g/mol. The summed E-state index contributed by atoms with van der Waals surface area (Å²) in [4.78, 5) is 9.31. The summed E-state index contributed by atoms with van der Waals surface area (Å²) in [7, 11) is -3.52. The highest BCUT2D eigenvalue weighted by Gasteiger charge is 2.13. The molecule has 0 radical (unpaired) electrons. The molecule has 3 nitrogen and oxygen atoms in total. The number of hydrogen-bond acceptors (Lipinski definition) is 2. The van der Waals surface area contributed by atoms with Gasteiger partial charge in [0.2, 0.25) is 0 Å². The van der Waals surface area contributed by atoms with Gasteiger partial charge in [-0.25, -0.2) is 0 Å². The first kappa shape index (κ1) is 14.6. The minimum absolute atomic E-state index is 0.196. The highest BCUT2D eigenvalue weighted by atomic mass is 31.2. The Morgan fingerprint density at radius 1 is 1.40 bits per heavy atom. The molecule has 1 atom stereocenters. The van der Waals surface area contributed by atoms with Crippen molar-refractivity contribution in [1.29, 1.82) is 0 Å². The van der Waals surface area contributed by atoms with E-state index < -0.39 is 7.60 Å². The maximum Gasteiger partial charge on any atom is 0.351 e. The van der Waals surface area contributed by atoms with Crippen LogP contribution in [-0.4, -0.2) is 11.5 Å². The van der Waals surface area contributed by atoms with Gasteiger partial charge in [0, 0.05) is 5.82 Å². The molecule has 0 bridgehead atoms. The Bertz CT molecular complexity index is 265. The van der Waals surface area contributed by atoms with Crippen LogP contribution in [0.1, 0.15) is 40.0 Å². The van der Waals surface area contributed by atoms with Crippen molar-refractivity contribution in [3.8, 4) is 0 Å². The quantitative estimate of drug-likeness (QED) is 0.412. The van der Waals surface area contributed by atoms with Crippen LogP contribution in [0.3, 0.4) is 0 Å². The van der Waals surface area contributed by atoms with Crippen LogP contribution in [0.5, 0.6) is 0 Å². The van der Waals surface area contributed by atoms with Crippen molar-refractivity contribution in [2.45, 2.75) is 40.0 Å². The lowest BCUT2D eigenvalue weighted by atomic mass is 10.2. The number of rotatable bonds is 7. The average molecular weight is 232 g/mol. The Balaban J connectivity index is 3.80. The third-order valence-corrected chi connectivity index (χ3v) is 3.03. The molecule has 0 spiro atoms. The van der Waals surface area contributed by atoms with Crippen LogP contribution in [0, 0.1) is 0 Å². The molecule has 0 fully saturated rings. The van der Waals surface area contributed by atoms with Crippen LogP contribution in [0.2, 0.25) is 0 Å². The molecule has 0 amide bonds. The minimum atomic E-state index is -3.52. The highest BCUT2D eigenvalue weighted by Crippen LogP contribution is 2.44. The predicted molar refractivity (Wildman–Crippen MR) is 63.9 cm³/mol. The lowest BCUT2D eigenvalue weighted by molar-refractivity contribution is 0.296. The smallest absolute Gasteiger partial charge is 0.321 e. The summed E-state index contributed by atoms with van der Waals surface area (Å²) in [6.07, 6.45) is 7.06. The van der Waals surface area contributed by atoms with E-state index >= 15 is 0 Å². The van der Waals surface area contributed by atoms with Gasteiger partial charge in [-0.15, -0.1) is 0 Å². The summed E-state index contributed by atoms with van der Waals surface area (Å²) in [5.41, 5.74) is 0.788. The van der Waals surface area contributed by atoms with Gasteiger partial charge in [-0.1, -0.05) is 37.5 Å². The zero-order chi connectivity index (χ0) is 11.7. The number of unbranched alkanes of at least 4 members (excludes halogenated alkanes) is 2. The molecule has 0 aromatic heterocycles. The molecule has 15 heavy (non-hydrogen) atoms. The van der Waals surface area contributed by atoms with E-state index in [-0.39, 0.29) is 6.61 Å². The van der Waals surface area contributed by atoms with E-state index in [1.165, 1.54) is 5.82 Å². The lowest BCUT2D eigenvalue weighted by Gasteiger charge is -2.05. The zero-order valence-corrected chi connectivity index (χ0v) is 10.7.